The van der Waals surface area contributed by atoms with E-state index in [-0.39, 0.29) is 5.82 Å². The highest BCUT2D eigenvalue weighted by Crippen LogP contribution is 2.19. The quantitative estimate of drug-likeness (QED) is 0.933. The van der Waals surface area contributed by atoms with Crippen LogP contribution in [0.5, 0.6) is 0 Å². The molecular formula is C16H19FN4. The fourth-order valence-electron chi connectivity index (χ4n) is 2.52. The van der Waals surface area contributed by atoms with E-state index in [1.165, 1.54) is 37.8 Å². The molecule has 0 amide bonds. The first kappa shape index (κ1) is 13.8. The molecule has 1 aromatic heterocycles. The van der Waals surface area contributed by atoms with Crippen molar-refractivity contribution >= 4 is 17.5 Å². The van der Waals surface area contributed by atoms with Crippen LogP contribution in [0.15, 0.2) is 36.5 Å². The summed E-state index contributed by atoms with van der Waals surface area (Å²) in [5.74, 6) is 1.26. The van der Waals surface area contributed by atoms with Gasteiger partial charge in [-0.25, -0.2) is 9.37 Å². The Morgan fingerprint density at radius 3 is 2.38 bits per heavy atom. The Labute approximate surface area is 124 Å². The number of aromatic nitrogens is 2. The molecule has 21 heavy (non-hydrogen) atoms. The summed E-state index contributed by atoms with van der Waals surface area (Å²) >= 11 is 0. The van der Waals surface area contributed by atoms with Gasteiger partial charge in [-0.15, -0.1) is 0 Å². The van der Waals surface area contributed by atoms with Crippen LogP contribution in [0, 0.1) is 5.82 Å². The van der Waals surface area contributed by atoms with Gasteiger partial charge in [0.1, 0.15) is 11.6 Å². The second-order valence-electron chi connectivity index (χ2n) is 5.28. The maximum atomic E-state index is 12.9. The molecule has 0 aliphatic carbocycles. The SMILES string of the molecule is Fc1ccc(Nc2ccnc(N3CCCCCC3)n2)cc1. The fourth-order valence-corrected chi connectivity index (χ4v) is 2.52. The van der Waals surface area contributed by atoms with Crippen LogP contribution < -0.4 is 10.2 Å². The number of nitrogens with one attached hydrogen (secondary N) is 1. The number of nitrogens with zero attached hydrogens (tertiary/aromatic N) is 3. The average molecular weight is 286 g/mol. The van der Waals surface area contributed by atoms with Crippen molar-refractivity contribution in [2.24, 2.45) is 0 Å². The highest BCUT2D eigenvalue weighted by Gasteiger charge is 2.12. The molecule has 1 N–H and O–H groups in total. The Bertz CT molecular complexity index is 577. The topological polar surface area (TPSA) is 41.1 Å². The summed E-state index contributed by atoms with van der Waals surface area (Å²) in [6.45, 7) is 2.03. The summed E-state index contributed by atoms with van der Waals surface area (Å²) in [6, 6.07) is 8.08. The van der Waals surface area contributed by atoms with Crippen LogP contribution >= 0.6 is 0 Å². The molecule has 2 heterocycles. The molecule has 4 nitrogen and oxygen atoms in total. The summed E-state index contributed by atoms with van der Waals surface area (Å²) in [6.07, 6.45) is 6.71. The van der Waals surface area contributed by atoms with Gasteiger partial charge in [-0.05, 0) is 43.2 Å². The Morgan fingerprint density at radius 1 is 0.952 bits per heavy atom. The molecule has 0 spiro atoms. The maximum Gasteiger partial charge on any atom is 0.227 e. The number of benzene rings is 1. The summed E-state index contributed by atoms with van der Waals surface area (Å²) < 4.78 is 12.9. The van der Waals surface area contributed by atoms with E-state index in [0.717, 1.165) is 30.5 Å². The predicted octanol–water partition coefficient (Wildman–Crippen LogP) is 3.74. The van der Waals surface area contributed by atoms with Gasteiger partial charge in [0, 0.05) is 25.0 Å². The molecule has 1 fully saturated rings. The van der Waals surface area contributed by atoms with Crippen LogP contribution in [0.25, 0.3) is 0 Å². The van der Waals surface area contributed by atoms with Crippen molar-refractivity contribution in [1.29, 1.82) is 0 Å². The van der Waals surface area contributed by atoms with Crippen molar-refractivity contribution in [2.75, 3.05) is 23.3 Å². The molecular weight excluding hydrogens is 267 g/mol. The van der Waals surface area contributed by atoms with Crippen LogP contribution in [0.2, 0.25) is 0 Å². The van der Waals surface area contributed by atoms with Crippen LogP contribution in [-0.4, -0.2) is 23.1 Å². The second kappa shape index (κ2) is 6.52. The number of hydrogen-bond acceptors (Lipinski definition) is 4. The highest BCUT2D eigenvalue weighted by atomic mass is 19.1. The van der Waals surface area contributed by atoms with Gasteiger partial charge >= 0.3 is 0 Å². The van der Waals surface area contributed by atoms with E-state index in [1.807, 2.05) is 6.07 Å². The van der Waals surface area contributed by atoms with E-state index in [1.54, 1.807) is 18.3 Å². The van der Waals surface area contributed by atoms with Crippen LogP contribution in [-0.2, 0) is 0 Å². The minimum absolute atomic E-state index is 0.242. The van der Waals surface area contributed by atoms with Gasteiger partial charge in [0.05, 0.1) is 0 Å². The molecule has 1 aliphatic rings. The van der Waals surface area contributed by atoms with Crippen molar-refractivity contribution in [3.05, 3.63) is 42.3 Å². The third-order valence-corrected chi connectivity index (χ3v) is 3.65. The van der Waals surface area contributed by atoms with E-state index < -0.39 is 0 Å². The molecule has 1 saturated heterocycles. The van der Waals surface area contributed by atoms with Crippen LogP contribution in [0.3, 0.4) is 0 Å². The number of halogens is 1. The largest absolute Gasteiger partial charge is 0.341 e. The molecule has 0 saturated carbocycles. The molecule has 110 valence electrons. The predicted molar refractivity (Wildman–Crippen MR) is 82.4 cm³/mol. The zero-order valence-corrected chi connectivity index (χ0v) is 11.9. The minimum atomic E-state index is -0.242. The van der Waals surface area contributed by atoms with E-state index >= 15 is 0 Å². The van der Waals surface area contributed by atoms with Gasteiger partial charge in [-0.3, -0.25) is 0 Å². The lowest BCUT2D eigenvalue weighted by Gasteiger charge is -2.20. The lowest BCUT2D eigenvalue weighted by molar-refractivity contribution is 0.628. The summed E-state index contributed by atoms with van der Waals surface area (Å²) in [5.41, 5.74) is 0.817. The van der Waals surface area contributed by atoms with E-state index in [0.29, 0.717) is 0 Å². The molecule has 0 bridgehead atoms. The molecule has 0 unspecified atom stereocenters. The maximum absolute atomic E-state index is 12.9. The Balaban J connectivity index is 1.74. The summed E-state index contributed by atoms with van der Waals surface area (Å²) in [5, 5.41) is 3.18. The van der Waals surface area contributed by atoms with Crippen molar-refractivity contribution < 1.29 is 4.39 Å². The van der Waals surface area contributed by atoms with Gasteiger partial charge in [-0.1, -0.05) is 12.8 Å². The lowest BCUT2D eigenvalue weighted by Crippen LogP contribution is -2.26. The number of rotatable bonds is 3. The van der Waals surface area contributed by atoms with Crippen LogP contribution in [0.1, 0.15) is 25.7 Å². The first-order valence-corrected chi connectivity index (χ1v) is 7.42. The van der Waals surface area contributed by atoms with Gasteiger partial charge in [-0.2, -0.15) is 4.98 Å². The normalized spacial score (nSPS) is 15.6. The smallest absolute Gasteiger partial charge is 0.227 e. The third kappa shape index (κ3) is 3.68. The van der Waals surface area contributed by atoms with Gasteiger partial charge in [0.15, 0.2) is 0 Å². The molecule has 1 aliphatic heterocycles. The van der Waals surface area contributed by atoms with E-state index in [4.69, 9.17) is 0 Å². The molecule has 0 radical (unpaired) electrons. The van der Waals surface area contributed by atoms with Crippen LogP contribution in [0.4, 0.5) is 21.8 Å². The second-order valence-corrected chi connectivity index (χ2v) is 5.28. The first-order valence-electron chi connectivity index (χ1n) is 7.42. The highest BCUT2D eigenvalue weighted by molar-refractivity contribution is 5.56. The van der Waals surface area contributed by atoms with Crippen molar-refractivity contribution in [3.8, 4) is 0 Å². The molecule has 3 rings (SSSR count). The van der Waals surface area contributed by atoms with Crippen molar-refractivity contribution in [2.45, 2.75) is 25.7 Å². The Hall–Kier alpha value is -2.17. The standard InChI is InChI=1S/C16H19FN4/c17-13-5-7-14(8-6-13)19-15-9-10-18-16(20-15)21-11-3-1-2-4-12-21/h5-10H,1-4,11-12H2,(H,18,19,20). The molecule has 0 atom stereocenters. The average Bonchev–Trinajstić information content (AvgIpc) is 2.79. The van der Waals surface area contributed by atoms with E-state index in [9.17, 15) is 4.39 Å². The Morgan fingerprint density at radius 2 is 1.67 bits per heavy atom. The van der Waals surface area contributed by atoms with Gasteiger partial charge < -0.3 is 10.2 Å². The number of anilines is 3. The molecule has 1 aromatic carbocycles. The fraction of sp³-hybridized carbons (Fsp3) is 0.375. The summed E-state index contributed by atoms with van der Waals surface area (Å²) in [4.78, 5) is 11.2. The first-order chi connectivity index (χ1) is 10.3. The van der Waals surface area contributed by atoms with Crippen molar-refractivity contribution in [3.63, 3.8) is 0 Å². The monoisotopic (exact) mass is 286 g/mol. The van der Waals surface area contributed by atoms with E-state index in [2.05, 4.69) is 20.2 Å². The number of hydrogen-bond donors (Lipinski definition) is 1. The zero-order chi connectivity index (χ0) is 14.5. The third-order valence-electron chi connectivity index (χ3n) is 3.65. The van der Waals surface area contributed by atoms with Gasteiger partial charge in [0.25, 0.3) is 0 Å². The lowest BCUT2D eigenvalue weighted by atomic mass is 10.2. The summed E-state index contributed by atoms with van der Waals surface area (Å²) in [7, 11) is 0. The van der Waals surface area contributed by atoms with Crippen molar-refractivity contribution in [1.82, 2.24) is 9.97 Å². The minimum Gasteiger partial charge on any atom is -0.341 e. The molecule has 2 aromatic rings. The van der Waals surface area contributed by atoms with Gasteiger partial charge in [0.2, 0.25) is 5.95 Å². The zero-order valence-electron chi connectivity index (χ0n) is 11.9. The molecule has 5 heteroatoms. The Kier molecular flexibility index (Phi) is 4.28.